The van der Waals surface area contributed by atoms with Gasteiger partial charge in [-0.3, -0.25) is 28.8 Å². The molecule has 9 rings (SSSR count). The molecule has 2 amide bonds. The Morgan fingerprint density at radius 2 is 0.944 bits per heavy atom. The third-order valence-electron chi connectivity index (χ3n) is 26.1. The SMILES string of the molecule is COC1C[C@H](/C=C(\C)C2OC(=O)C3CCCCN3C(=O)C(=O)C3(O)OC([C@@H](C)C[C@@H](C)C(O)/C(C)=C/[C@@H](C)C(=O)CC(O)[C@H]2C)[C@@H](C)C[C@H]3C)CCC1O.COC1C[C@H](/C=C(\C)C2OC(=O)C3CCCCN3C(=O)C(=O)C3(O)OC([C@@H](C)C[C@H]3C)[C@@H](C)C[C@@H](C)/C=C(\C)C3OC(CC(=O)[C@@H]3C)[C@H]2C)CCC1O. The second-order valence-corrected chi connectivity index (χ2v) is 34.8. The number of rotatable bonds is 6. The number of hydrogen-bond donors (Lipinski definition) is 6. The highest BCUT2D eigenvalue weighted by molar-refractivity contribution is 6.39. The monoisotopic (exact) mass is 1500 g/mol. The van der Waals surface area contributed by atoms with Crippen molar-refractivity contribution in [2.45, 2.75) is 323 Å². The molecule has 0 radical (unpaired) electrons. The molecular weight excluding hydrogens is 1370 g/mol. The molecule has 2 aliphatic carbocycles. The third kappa shape index (κ3) is 20.3. The molecule has 604 valence electrons. The maximum atomic E-state index is 14.3. The van der Waals surface area contributed by atoms with E-state index in [2.05, 4.69) is 19.1 Å². The summed E-state index contributed by atoms with van der Waals surface area (Å²) in [7, 11) is 3.15. The Bertz CT molecular complexity index is 3260. The lowest BCUT2D eigenvalue weighted by Gasteiger charge is -2.46. The second-order valence-electron chi connectivity index (χ2n) is 34.8. The van der Waals surface area contributed by atoms with Gasteiger partial charge in [0.25, 0.3) is 23.4 Å². The number of fused-ring (bicyclic) bond motifs is 8. The smallest absolute Gasteiger partial charge is 0.329 e. The zero-order chi connectivity index (χ0) is 79.2. The van der Waals surface area contributed by atoms with Crippen LogP contribution >= 0.6 is 0 Å². The van der Waals surface area contributed by atoms with Gasteiger partial charge in [-0.05, 0) is 200 Å². The predicted molar refractivity (Wildman–Crippen MR) is 400 cm³/mol. The van der Waals surface area contributed by atoms with Crippen LogP contribution in [0.3, 0.4) is 0 Å². The number of methoxy groups -OCH3 is 2. The van der Waals surface area contributed by atoms with Crippen LogP contribution in [0.4, 0.5) is 0 Å². The molecular formula is C84H132N2O21. The minimum absolute atomic E-state index is 0.00649. The summed E-state index contributed by atoms with van der Waals surface area (Å²) in [5.41, 5.74) is 3.00. The van der Waals surface area contributed by atoms with Crippen molar-refractivity contribution < 1.29 is 102 Å². The number of cyclic esters (lactones) is 2. The molecule has 0 spiro atoms. The number of aliphatic hydroxyl groups excluding tert-OH is 4. The molecule has 2 saturated carbocycles. The molecule has 16 unspecified atom stereocenters. The zero-order valence-electron chi connectivity index (χ0n) is 67.3. The summed E-state index contributed by atoms with van der Waals surface area (Å²) in [4.78, 5) is 115. The van der Waals surface area contributed by atoms with E-state index in [0.717, 1.165) is 17.6 Å². The van der Waals surface area contributed by atoms with Crippen molar-refractivity contribution in [3.8, 4) is 0 Å². The number of amides is 2. The third-order valence-corrected chi connectivity index (χ3v) is 26.1. The largest absolute Gasteiger partial charge is 0.456 e. The normalized spacial score (nSPS) is 44.6. The number of carbonyl (C=O) groups is 8. The van der Waals surface area contributed by atoms with E-state index >= 15 is 0 Å². The van der Waals surface area contributed by atoms with Gasteiger partial charge in [0.05, 0.1) is 61.0 Å². The summed E-state index contributed by atoms with van der Waals surface area (Å²) in [5, 5.41) is 67.5. The lowest BCUT2D eigenvalue weighted by molar-refractivity contribution is -0.282. The molecule has 23 heteroatoms. The highest BCUT2D eigenvalue weighted by atomic mass is 16.6. The van der Waals surface area contributed by atoms with Gasteiger partial charge in [-0.25, -0.2) is 9.59 Å². The average molecular weight is 1510 g/mol. The maximum absolute atomic E-state index is 14.3. The molecule has 23 nitrogen and oxygen atoms in total. The van der Waals surface area contributed by atoms with Crippen molar-refractivity contribution in [1.29, 1.82) is 0 Å². The van der Waals surface area contributed by atoms with Crippen LogP contribution in [0.1, 0.15) is 226 Å². The van der Waals surface area contributed by atoms with Gasteiger partial charge in [0.15, 0.2) is 0 Å². The van der Waals surface area contributed by atoms with Crippen LogP contribution in [0.2, 0.25) is 0 Å². The number of aliphatic hydroxyl groups is 6. The van der Waals surface area contributed by atoms with Crippen LogP contribution in [0.25, 0.3) is 0 Å². The first-order valence-corrected chi connectivity index (χ1v) is 40.4. The Balaban J connectivity index is 0.000000270. The van der Waals surface area contributed by atoms with Gasteiger partial charge < -0.3 is 73.6 Å². The first kappa shape index (κ1) is 87.7. The van der Waals surface area contributed by atoms with Crippen molar-refractivity contribution in [1.82, 2.24) is 9.80 Å². The average Bonchev–Trinajstić information content (AvgIpc) is 1.16. The van der Waals surface area contributed by atoms with Crippen LogP contribution < -0.4 is 0 Å². The van der Waals surface area contributed by atoms with Crippen molar-refractivity contribution in [2.75, 3.05) is 27.3 Å². The van der Waals surface area contributed by atoms with Crippen LogP contribution in [-0.2, 0) is 71.5 Å². The number of hydrogen-bond acceptors (Lipinski definition) is 21. The Morgan fingerprint density at radius 1 is 0.505 bits per heavy atom. The second kappa shape index (κ2) is 37.6. The van der Waals surface area contributed by atoms with E-state index in [9.17, 15) is 69.0 Å². The van der Waals surface area contributed by atoms with Crippen molar-refractivity contribution in [2.24, 2.45) is 82.9 Å². The van der Waals surface area contributed by atoms with Gasteiger partial charge >= 0.3 is 11.9 Å². The Kier molecular flexibility index (Phi) is 30.8. The molecule has 0 aromatic heterocycles. The van der Waals surface area contributed by atoms with E-state index in [1.54, 1.807) is 61.8 Å². The molecule has 7 aliphatic heterocycles. The van der Waals surface area contributed by atoms with Crippen LogP contribution in [0.5, 0.6) is 0 Å². The number of piperidine rings is 2. The standard InChI is InChI=1S/C42H67NO11.C42H65NO10/c1-22-16-23(2)36(47)24(3)17-25(4)37-26(5)18-28(7)42(51,54-37)39(48)40(49)43-15-11-10-12-31(43)41(50)53-38(29(8)34(46)21-33(22)45)27(6)19-30-13-14-32(44)35(20-30)52-9;1-22-16-23(2)36-25(4)18-27(6)42(49,53-36)39(46)40(47)43-15-11-10-12-31(43)41(48)52-38(26(5)19-30-13-14-32(44)35(20-30)50-9)29(8)34-21-33(45)28(7)37(51-34)24(3)17-22/h16,19,22,24-26,28-32,34-38,44,46-47,51H,10-15,17-18,20-21H2,1-9H3;17,19,22-23,25,27-32,34-38,44,49H,10-16,18,20-21H2,1-9H3/b23-16+,27-19+;24-17+,26-19+/t22-,24-,25+,26+,28-,29-,30+,31?,32?,34?,35?,36?,37?,38?,42?;22-,23+,25+,27-,28+,29-,30+,31?,32?,34?,35?,36?,37?,38?,42?/m11/s1. The van der Waals surface area contributed by atoms with Gasteiger partial charge in [-0.2, -0.15) is 0 Å². The number of Topliss-reactive ketones (excluding diaryl/α,β-unsaturated/α-hetero) is 4. The van der Waals surface area contributed by atoms with Crippen molar-refractivity contribution >= 4 is 46.9 Å². The van der Waals surface area contributed by atoms with Gasteiger partial charge in [0, 0.05) is 75.7 Å². The Morgan fingerprint density at radius 3 is 1.40 bits per heavy atom. The molecule has 5 saturated heterocycles. The number of allylic oxidation sites excluding steroid dienone is 4. The summed E-state index contributed by atoms with van der Waals surface area (Å²) in [6, 6.07) is -2.14. The predicted octanol–water partition coefficient (Wildman–Crippen LogP) is 9.64. The van der Waals surface area contributed by atoms with Crippen LogP contribution in [0, 0.1) is 82.9 Å². The molecule has 6 bridgehead atoms. The number of ketones is 4. The van der Waals surface area contributed by atoms with Gasteiger partial charge in [-0.15, -0.1) is 0 Å². The van der Waals surface area contributed by atoms with Crippen molar-refractivity contribution in [3.05, 3.63) is 46.6 Å². The summed E-state index contributed by atoms with van der Waals surface area (Å²) >= 11 is 0. The molecule has 0 aromatic carbocycles. The first-order valence-electron chi connectivity index (χ1n) is 40.4. The Labute approximate surface area is 636 Å². The molecule has 9 aliphatic rings. The van der Waals surface area contributed by atoms with Gasteiger partial charge in [-0.1, -0.05) is 107 Å². The molecule has 107 heavy (non-hydrogen) atoms. The van der Waals surface area contributed by atoms with E-state index in [0.29, 0.717) is 101 Å². The minimum Gasteiger partial charge on any atom is -0.456 e. The minimum atomic E-state index is -2.41. The van der Waals surface area contributed by atoms with E-state index < -0.39 is 150 Å². The number of carbonyl (C=O) groups excluding carboxylic acids is 8. The maximum Gasteiger partial charge on any atom is 0.329 e. The summed E-state index contributed by atoms with van der Waals surface area (Å²) in [6.45, 7) is 30.5. The number of nitrogens with zero attached hydrogens (tertiary/aromatic N) is 2. The molecule has 0 aromatic rings. The summed E-state index contributed by atoms with van der Waals surface area (Å²) < 4.78 is 43.1. The van der Waals surface area contributed by atoms with E-state index in [1.165, 1.54) is 9.80 Å². The quantitative estimate of drug-likeness (QED) is 0.0818. The lowest BCUT2D eigenvalue weighted by atomic mass is 9.76. The Hall–Kier alpha value is -4.92. The fourth-order valence-electron chi connectivity index (χ4n) is 19.5. The highest BCUT2D eigenvalue weighted by Crippen LogP contribution is 2.45. The highest BCUT2D eigenvalue weighted by Gasteiger charge is 2.58. The fraction of sp³-hybridized carbons (Fsp3) is 0.810. The molecule has 30 atom stereocenters. The first-order chi connectivity index (χ1) is 50.3. The summed E-state index contributed by atoms with van der Waals surface area (Å²) in [6.07, 6.45) is 8.91. The molecule has 7 heterocycles. The zero-order valence-corrected chi connectivity index (χ0v) is 67.3. The lowest BCUT2D eigenvalue weighted by Crippen LogP contribution is -2.62. The van der Waals surface area contributed by atoms with Crippen molar-refractivity contribution in [3.63, 3.8) is 0 Å². The fourth-order valence-corrected chi connectivity index (χ4v) is 19.5. The molecule has 6 N–H and O–H groups in total. The van der Waals surface area contributed by atoms with E-state index in [4.69, 9.17) is 33.2 Å². The topological polar surface area (TPSA) is 329 Å². The van der Waals surface area contributed by atoms with E-state index in [1.807, 2.05) is 68.4 Å². The number of esters is 2. The van der Waals surface area contributed by atoms with Gasteiger partial charge in [0.1, 0.15) is 35.9 Å². The van der Waals surface area contributed by atoms with E-state index in [-0.39, 0.29) is 109 Å². The molecule has 7 fully saturated rings. The summed E-state index contributed by atoms with van der Waals surface area (Å²) in [5.74, 6) is -14.3. The number of ether oxygens (including phenoxy) is 7. The van der Waals surface area contributed by atoms with Crippen LogP contribution in [-0.4, -0.2) is 212 Å². The van der Waals surface area contributed by atoms with Gasteiger partial charge in [0.2, 0.25) is 11.6 Å². The van der Waals surface area contributed by atoms with Crippen LogP contribution in [0.15, 0.2) is 46.6 Å².